The Labute approximate surface area is 136 Å². The van der Waals surface area contributed by atoms with Gasteiger partial charge in [0.1, 0.15) is 11.5 Å². The number of aryl methyl sites for hydroxylation is 1. The molecule has 116 valence electrons. The SMILES string of the molecule is C1C[I-]1.CCOc1cc(OC)c2ccc(OC)c(C)c2n1. The van der Waals surface area contributed by atoms with Crippen LogP contribution in [-0.4, -0.2) is 34.7 Å². The molecule has 3 rings (SSSR count). The van der Waals surface area contributed by atoms with Crippen LogP contribution in [0.1, 0.15) is 12.5 Å². The first kappa shape index (κ1) is 16.1. The first-order valence-corrected chi connectivity index (χ1v) is 9.95. The molecule has 0 amide bonds. The van der Waals surface area contributed by atoms with Crippen molar-refractivity contribution in [3.8, 4) is 17.4 Å². The zero-order valence-electron chi connectivity index (χ0n) is 12.9. The van der Waals surface area contributed by atoms with Gasteiger partial charge in [0, 0.05) is 17.0 Å². The molecule has 0 aliphatic carbocycles. The molecular formula is C16H21INO3-. The molecule has 0 radical (unpaired) electrons. The van der Waals surface area contributed by atoms with Crippen LogP contribution < -0.4 is 35.4 Å². The average molecular weight is 402 g/mol. The smallest absolute Gasteiger partial charge is 0.217 e. The predicted octanol–water partition coefficient (Wildman–Crippen LogP) is 0.0481. The number of hydrogen-bond acceptors (Lipinski definition) is 4. The maximum absolute atomic E-state index is 5.45. The molecule has 1 aromatic carbocycles. The molecule has 1 aliphatic heterocycles. The van der Waals surface area contributed by atoms with Gasteiger partial charge in [-0.15, -0.1) is 0 Å². The molecule has 2 aromatic rings. The number of nitrogens with zero attached hydrogens (tertiary/aromatic N) is 1. The number of fused-ring (bicyclic) bond motifs is 1. The summed E-state index contributed by atoms with van der Waals surface area (Å²) in [5, 5.41) is 0.958. The van der Waals surface area contributed by atoms with E-state index in [4.69, 9.17) is 14.2 Å². The van der Waals surface area contributed by atoms with E-state index in [0.717, 1.165) is 49.2 Å². The second-order valence-electron chi connectivity index (χ2n) is 4.45. The Morgan fingerprint density at radius 3 is 2.33 bits per heavy atom. The van der Waals surface area contributed by atoms with Crippen LogP contribution in [-0.2, 0) is 0 Å². The Bertz CT molecular complexity index is 611. The molecule has 1 saturated heterocycles. The van der Waals surface area contributed by atoms with Crippen molar-refractivity contribution in [2.24, 2.45) is 0 Å². The van der Waals surface area contributed by atoms with E-state index >= 15 is 0 Å². The van der Waals surface area contributed by atoms with Gasteiger partial charge in [-0.3, -0.25) is 0 Å². The Morgan fingerprint density at radius 2 is 1.81 bits per heavy atom. The number of pyridine rings is 1. The summed E-state index contributed by atoms with van der Waals surface area (Å²) in [5.41, 5.74) is 1.83. The Morgan fingerprint density at radius 1 is 1.14 bits per heavy atom. The van der Waals surface area contributed by atoms with Crippen LogP contribution in [0.2, 0.25) is 0 Å². The van der Waals surface area contributed by atoms with Gasteiger partial charge in [0.2, 0.25) is 5.88 Å². The minimum Gasteiger partial charge on any atom is -0.496 e. The molecule has 1 aromatic heterocycles. The predicted molar refractivity (Wildman–Crippen MR) is 80.5 cm³/mol. The van der Waals surface area contributed by atoms with Crippen LogP contribution >= 0.6 is 0 Å². The second-order valence-corrected chi connectivity index (χ2v) is 7.69. The monoisotopic (exact) mass is 402 g/mol. The van der Waals surface area contributed by atoms with E-state index in [1.54, 1.807) is 29.1 Å². The van der Waals surface area contributed by atoms with Crippen LogP contribution in [0.3, 0.4) is 0 Å². The number of hydrogen-bond donors (Lipinski definition) is 0. The van der Waals surface area contributed by atoms with Gasteiger partial charge in [0.05, 0.1) is 26.3 Å². The molecule has 0 N–H and O–H groups in total. The van der Waals surface area contributed by atoms with Crippen LogP contribution in [0.5, 0.6) is 17.4 Å². The molecular weight excluding hydrogens is 381 g/mol. The fraction of sp³-hybridized carbons (Fsp3) is 0.438. The van der Waals surface area contributed by atoms with Gasteiger partial charge >= 0.3 is 30.1 Å². The van der Waals surface area contributed by atoms with Crippen molar-refractivity contribution in [3.05, 3.63) is 23.8 Å². The number of ether oxygens (including phenoxy) is 3. The molecule has 4 nitrogen and oxygen atoms in total. The molecule has 0 atom stereocenters. The first-order valence-electron chi connectivity index (χ1n) is 6.89. The van der Waals surface area contributed by atoms with Crippen molar-refractivity contribution in [1.29, 1.82) is 0 Å². The summed E-state index contributed by atoms with van der Waals surface area (Å²) in [6, 6.07) is 5.67. The third kappa shape index (κ3) is 4.12. The van der Waals surface area contributed by atoms with Crippen molar-refractivity contribution >= 4 is 10.9 Å². The zero-order valence-corrected chi connectivity index (χ0v) is 15.1. The summed E-state index contributed by atoms with van der Waals surface area (Å²) < 4.78 is 19.4. The van der Waals surface area contributed by atoms with Gasteiger partial charge in [0.15, 0.2) is 0 Å². The fourth-order valence-electron chi connectivity index (χ4n) is 1.97. The van der Waals surface area contributed by atoms with Gasteiger partial charge in [-0.25, -0.2) is 4.98 Å². The molecule has 1 fully saturated rings. The maximum Gasteiger partial charge on any atom is 0.217 e. The summed E-state index contributed by atoms with van der Waals surface area (Å²) in [5.74, 6) is 2.14. The van der Waals surface area contributed by atoms with E-state index in [1.807, 2.05) is 26.0 Å². The van der Waals surface area contributed by atoms with Crippen molar-refractivity contribution in [1.82, 2.24) is 4.98 Å². The van der Waals surface area contributed by atoms with E-state index in [-0.39, 0.29) is 0 Å². The molecule has 0 spiro atoms. The van der Waals surface area contributed by atoms with E-state index in [1.165, 1.54) is 0 Å². The van der Waals surface area contributed by atoms with E-state index in [9.17, 15) is 0 Å². The van der Waals surface area contributed by atoms with Crippen LogP contribution in [0, 0.1) is 6.92 Å². The molecule has 0 unspecified atom stereocenters. The normalized spacial score (nSPS) is 12.8. The van der Waals surface area contributed by atoms with Crippen molar-refractivity contribution in [2.75, 3.05) is 29.7 Å². The first-order chi connectivity index (χ1) is 10.2. The maximum atomic E-state index is 5.45. The van der Waals surface area contributed by atoms with E-state index in [0.29, 0.717) is 12.5 Å². The number of benzene rings is 1. The Hall–Kier alpha value is -1.24. The molecule has 21 heavy (non-hydrogen) atoms. The fourth-order valence-corrected chi connectivity index (χ4v) is 1.97. The number of halogens is 1. The number of rotatable bonds is 4. The number of methoxy groups -OCH3 is 2. The molecule has 5 heteroatoms. The van der Waals surface area contributed by atoms with Gasteiger partial charge in [0.25, 0.3) is 0 Å². The van der Waals surface area contributed by atoms with Crippen molar-refractivity contribution < 1.29 is 35.4 Å². The third-order valence-corrected chi connectivity index (χ3v) is 4.12. The summed E-state index contributed by atoms with van der Waals surface area (Å²) in [7, 11) is 3.29. The van der Waals surface area contributed by atoms with Gasteiger partial charge in [-0.1, -0.05) is 0 Å². The van der Waals surface area contributed by atoms with Gasteiger partial charge in [-0.05, 0) is 26.0 Å². The minimum absolute atomic E-state index is 0.568. The number of alkyl halides is 2. The summed E-state index contributed by atoms with van der Waals surface area (Å²) in [6.07, 6.45) is 0. The molecule has 0 bridgehead atoms. The van der Waals surface area contributed by atoms with E-state index < -0.39 is 0 Å². The van der Waals surface area contributed by atoms with Crippen LogP contribution in [0.15, 0.2) is 18.2 Å². The number of aromatic nitrogens is 1. The third-order valence-electron chi connectivity index (χ3n) is 3.04. The van der Waals surface area contributed by atoms with Crippen molar-refractivity contribution in [3.63, 3.8) is 0 Å². The Balaban J connectivity index is 0.000000477. The molecule has 1 aliphatic rings. The quantitative estimate of drug-likeness (QED) is 0.536. The minimum atomic E-state index is 0.568. The van der Waals surface area contributed by atoms with E-state index in [2.05, 4.69) is 4.98 Å². The topological polar surface area (TPSA) is 40.6 Å². The van der Waals surface area contributed by atoms with Gasteiger partial charge in [-0.2, -0.15) is 0 Å². The largest absolute Gasteiger partial charge is 0.496 e. The van der Waals surface area contributed by atoms with Crippen molar-refractivity contribution in [2.45, 2.75) is 13.8 Å². The molecule has 0 saturated carbocycles. The average Bonchev–Trinajstić information content (AvgIpc) is 3.36. The summed E-state index contributed by atoms with van der Waals surface area (Å²) in [4.78, 5) is 4.50. The van der Waals surface area contributed by atoms with Crippen LogP contribution in [0.4, 0.5) is 0 Å². The standard InChI is InChI=1S/C14H17NO3.C2H4I/c1-5-18-13-8-12(17-4)10-6-7-11(16-3)9(2)14(10)15-13;1-2-3-1/h6-8H,5H2,1-4H3;1-2H2/q;-1. The zero-order chi connectivity index (χ0) is 15.2. The van der Waals surface area contributed by atoms with Gasteiger partial charge < -0.3 is 14.2 Å². The Kier molecular flexibility index (Phi) is 5.90. The second kappa shape index (κ2) is 7.68. The summed E-state index contributed by atoms with van der Waals surface area (Å²) in [6.45, 7) is 4.48. The van der Waals surface area contributed by atoms with Crippen LogP contribution in [0.25, 0.3) is 10.9 Å². The summed E-state index contributed by atoms with van der Waals surface area (Å²) >= 11 is 0.840. The molecule has 2 heterocycles.